The lowest BCUT2D eigenvalue weighted by atomic mass is 9.93. The first kappa shape index (κ1) is 14.0. The number of para-hydroxylation sites is 1. The van der Waals surface area contributed by atoms with E-state index in [9.17, 15) is 4.79 Å². The molecule has 112 valence electrons. The van der Waals surface area contributed by atoms with Crippen LogP contribution in [0, 0.1) is 0 Å². The van der Waals surface area contributed by atoms with Gasteiger partial charge in [-0.1, -0.05) is 18.2 Å². The van der Waals surface area contributed by atoms with Gasteiger partial charge in [0.1, 0.15) is 0 Å². The molecule has 0 unspecified atom stereocenters. The zero-order valence-corrected chi connectivity index (χ0v) is 12.7. The number of hydrogen-bond acceptors (Lipinski definition) is 2. The molecule has 1 amide bonds. The van der Waals surface area contributed by atoms with Crippen LogP contribution >= 0.6 is 0 Å². The van der Waals surface area contributed by atoms with Crippen LogP contribution in [0.4, 0.5) is 4.79 Å². The lowest BCUT2D eigenvalue weighted by Gasteiger charge is -2.31. The second kappa shape index (κ2) is 5.80. The van der Waals surface area contributed by atoms with E-state index in [1.165, 1.54) is 16.6 Å². The maximum Gasteiger partial charge on any atom is 0.409 e. The molecule has 1 fully saturated rings. The topological polar surface area (TPSA) is 34.5 Å². The summed E-state index contributed by atoms with van der Waals surface area (Å²) in [6, 6.07) is 10.8. The van der Waals surface area contributed by atoms with Gasteiger partial charge in [-0.05, 0) is 37.3 Å². The van der Waals surface area contributed by atoms with Gasteiger partial charge in [-0.25, -0.2) is 4.79 Å². The Kier molecular flexibility index (Phi) is 3.86. The normalized spacial score (nSPS) is 16.4. The fraction of sp³-hybridized carbons (Fsp3) is 0.471. The van der Waals surface area contributed by atoms with E-state index in [0.717, 1.165) is 25.9 Å². The number of likely N-dealkylation sites (tertiary alicyclic amines) is 1. The lowest BCUT2D eigenvalue weighted by molar-refractivity contribution is 0.0967. The standard InChI is InChI=1S/C17H22N2O2/c1-3-21-17(20)19-10-8-13(9-11-19)16-12-14-6-4-5-7-15(14)18(16)2/h4-7,12-13H,3,8-11H2,1-2H3. The summed E-state index contributed by atoms with van der Waals surface area (Å²) in [4.78, 5) is 13.6. The third-order valence-corrected chi connectivity index (χ3v) is 4.43. The van der Waals surface area contributed by atoms with Gasteiger partial charge in [-0.15, -0.1) is 0 Å². The maximum atomic E-state index is 11.7. The molecule has 0 aliphatic carbocycles. The van der Waals surface area contributed by atoms with E-state index in [4.69, 9.17) is 4.74 Å². The van der Waals surface area contributed by atoms with E-state index in [0.29, 0.717) is 12.5 Å². The van der Waals surface area contributed by atoms with Crippen LogP contribution < -0.4 is 0 Å². The monoisotopic (exact) mass is 286 g/mol. The van der Waals surface area contributed by atoms with Crippen LogP contribution in [-0.2, 0) is 11.8 Å². The highest BCUT2D eigenvalue weighted by Crippen LogP contribution is 2.31. The van der Waals surface area contributed by atoms with Gasteiger partial charge in [-0.2, -0.15) is 0 Å². The molecule has 4 heteroatoms. The predicted octanol–water partition coefficient (Wildman–Crippen LogP) is 3.51. The fourth-order valence-corrected chi connectivity index (χ4v) is 3.27. The van der Waals surface area contributed by atoms with Crippen molar-refractivity contribution in [1.82, 2.24) is 9.47 Å². The molecule has 0 radical (unpaired) electrons. The van der Waals surface area contributed by atoms with Gasteiger partial charge >= 0.3 is 6.09 Å². The quantitative estimate of drug-likeness (QED) is 0.846. The highest BCUT2D eigenvalue weighted by Gasteiger charge is 2.26. The van der Waals surface area contributed by atoms with E-state index in [1.54, 1.807) is 0 Å². The Morgan fingerprint density at radius 3 is 2.67 bits per heavy atom. The van der Waals surface area contributed by atoms with Gasteiger partial charge in [0.05, 0.1) is 6.61 Å². The molecule has 1 aromatic carbocycles. The van der Waals surface area contributed by atoms with Crippen LogP contribution in [-0.4, -0.2) is 35.3 Å². The minimum atomic E-state index is -0.173. The van der Waals surface area contributed by atoms with Gasteiger partial charge in [-0.3, -0.25) is 0 Å². The zero-order valence-electron chi connectivity index (χ0n) is 12.7. The molecule has 3 rings (SSSR count). The second-order valence-corrected chi connectivity index (χ2v) is 5.65. The average Bonchev–Trinajstić information content (AvgIpc) is 2.85. The van der Waals surface area contributed by atoms with E-state index in [2.05, 4.69) is 41.9 Å². The molecule has 0 spiro atoms. The van der Waals surface area contributed by atoms with E-state index < -0.39 is 0 Å². The van der Waals surface area contributed by atoms with Gasteiger partial charge in [0, 0.05) is 37.3 Å². The van der Waals surface area contributed by atoms with Gasteiger partial charge in [0.15, 0.2) is 0 Å². The summed E-state index contributed by atoms with van der Waals surface area (Å²) in [5, 5.41) is 1.29. The Hall–Kier alpha value is -1.97. The molecule has 0 atom stereocenters. The molecule has 0 saturated carbocycles. The van der Waals surface area contributed by atoms with Crippen molar-refractivity contribution in [3.05, 3.63) is 36.0 Å². The summed E-state index contributed by atoms with van der Waals surface area (Å²) < 4.78 is 7.37. The molecule has 0 bridgehead atoms. The highest BCUT2D eigenvalue weighted by molar-refractivity contribution is 5.81. The van der Waals surface area contributed by atoms with Crippen molar-refractivity contribution in [1.29, 1.82) is 0 Å². The SMILES string of the molecule is CCOC(=O)N1CCC(c2cc3ccccc3n2C)CC1. The Morgan fingerprint density at radius 2 is 2.00 bits per heavy atom. The Balaban J connectivity index is 1.74. The van der Waals surface area contributed by atoms with Crippen LogP contribution in [0.1, 0.15) is 31.4 Å². The minimum Gasteiger partial charge on any atom is -0.450 e. The number of aromatic nitrogens is 1. The van der Waals surface area contributed by atoms with Crippen molar-refractivity contribution >= 4 is 17.0 Å². The number of hydrogen-bond donors (Lipinski definition) is 0. The summed E-state index contributed by atoms with van der Waals surface area (Å²) in [5.41, 5.74) is 2.65. The Morgan fingerprint density at radius 1 is 1.29 bits per heavy atom. The summed E-state index contributed by atoms with van der Waals surface area (Å²) in [6.07, 6.45) is 1.83. The lowest BCUT2D eigenvalue weighted by Crippen LogP contribution is -2.38. The van der Waals surface area contributed by atoms with Crippen molar-refractivity contribution < 1.29 is 9.53 Å². The molecule has 2 aromatic rings. The number of carbonyl (C=O) groups excluding carboxylic acids is 1. The molecule has 1 aliphatic rings. The van der Waals surface area contributed by atoms with Crippen LogP contribution in [0.15, 0.2) is 30.3 Å². The molecule has 1 aromatic heterocycles. The third kappa shape index (κ3) is 2.62. The van der Waals surface area contributed by atoms with E-state index >= 15 is 0 Å². The van der Waals surface area contributed by atoms with E-state index in [-0.39, 0.29) is 6.09 Å². The number of carbonyl (C=O) groups is 1. The number of piperidine rings is 1. The van der Waals surface area contributed by atoms with E-state index in [1.807, 2.05) is 11.8 Å². The first-order chi connectivity index (χ1) is 10.2. The number of fused-ring (bicyclic) bond motifs is 1. The molecule has 0 N–H and O–H groups in total. The molecule has 2 heterocycles. The fourth-order valence-electron chi connectivity index (χ4n) is 3.27. The first-order valence-corrected chi connectivity index (χ1v) is 7.66. The second-order valence-electron chi connectivity index (χ2n) is 5.65. The summed E-state index contributed by atoms with van der Waals surface area (Å²) in [7, 11) is 2.13. The Bertz CT molecular complexity index is 639. The zero-order chi connectivity index (χ0) is 14.8. The Labute approximate surface area is 125 Å². The first-order valence-electron chi connectivity index (χ1n) is 7.66. The van der Waals surface area contributed by atoms with Crippen molar-refractivity contribution in [3.63, 3.8) is 0 Å². The smallest absolute Gasteiger partial charge is 0.409 e. The molecule has 1 aliphatic heterocycles. The van der Waals surface area contributed by atoms with Crippen molar-refractivity contribution in [3.8, 4) is 0 Å². The van der Waals surface area contributed by atoms with Gasteiger partial charge in [0.2, 0.25) is 0 Å². The predicted molar refractivity (Wildman–Crippen MR) is 83.5 cm³/mol. The highest BCUT2D eigenvalue weighted by atomic mass is 16.6. The summed E-state index contributed by atoms with van der Waals surface area (Å²) in [5.74, 6) is 0.521. The maximum absolute atomic E-state index is 11.7. The summed E-state index contributed by atoms with van der Waals surface area (Å²) in [6.45, 7) is 3.86. The van der Waals surface area contributed by atoms with Crippen LogP contribution in [0.25, 0.3) is 10.9 Å². The number of nitrogens with zero attached hydrogens (tertiary/aromatic N) is 2. The number of rotatable bonds is 2. The van der Waals surface area contributed by atoms with Gasteiger partial charge < -0.3 is 14.2 Å². The summed E-state index contributed by atoms with van der Waals surface area (Å²) >= 11 is 0. The number of benzene rings is 1. The number of aryl methyl sites for hydroxylation is 1. The van der Waals surface area contributed by atoms with Crippen LogP contribution in [0.5, 0.6) is 0 Å². The van der Waals surface area contributed by atoms with Crippen LogP contribution in [0.2, 0.25) is 0 Å². The molecular weight excluding hydrogens is 264 g/mol. The number of ether oxygens (including phenoxy) is 1. The van der Waals surface area contributed by atoms with Crippen molar-refractivity contribution in [2.75, 3.05) is 19.7 Å². The van der Waals surface area contributed by atoms with Gasteiger partial charge in [0.25, 0.3) is 0 Å². The van der Waals surface area contributed by atoms with Crippen LogP contribution in [0.3, 0.4) is 0 Å². The largest absolute Gasteiger partial charge is 0.450 e. The third-order valence-electron chi connectivity index (χ3n) is 4.43. The molecule has 1 saturated heterocycles. The minimum absolute atomic E-state index is 0.173. The molecule has 4 nitrogen and oxygen atoms in total. The van der Waals surface area contributed by atoms with Crippen molar-refractivity contribution in [2.24, 2.45) is 7.05 Å². The molecular formula is C17H22N2O2. The van der Waals surface area contributed by atoms with Crippen molar-refractivity contribution in [2.45, 2.75) is 25.7 Å². The average molecular weight is 286 g/mol. The molecule has 21 heavy (non-hydrogen) atoms. The number of amides is 1.